The summed E-state index contributed by atoms with van der Waals surface area (Å²) in [6, 6.07) is 5.51. The third-order valence-electron chi connectivity index (χ3n) is 3.27. The molecule has 1 aliphatic rings. The van der Waals surface area contributed by atoms with E-state index in [1.165, 1.54) is 0 Å². The number of nitrogens with two attached hydrogens (primary N) is 1. The Morgan fingerprint density at radius 3 is 2.71 bits per heavy atom. The van der Waals surface area contributed by atoms with Crippen LogP contribution in [0.1, 0.15) is 25.8 Å². The predicted octanol–water partition coefficient (Wildman–Crippen LogP) is 2.86. The van der Waals surface area contributed by atoms with Crippen LogP contribution in [0.3, 0.4) is 0 Å². The maximum atomic E-state index is 7.62. The highest BCUT2D eigenvalue weighted by Crippen LogP contribution is 2.35. The fourth-order valence-electron chi connectivity index (χ4n) is 2.31. The lowest BCUT2D eigenvalue weighted by atomic mass is 9.93. The molecule has 0 bridgehead atoms. The Labute approximate surface area is 107 Å². The lowest BCUT2D eigenvalue weighted by Crippen LogP contribution is -2.26. The molecule has 0 aliphatic carbocycles. The molecular weight excluding hydrogens is 234 g/mol. The zero-order valence-corrected chi connectivity index (χ0v) is 11.0. The van der Waals surface area contributed by atoms with Crippen molar-refractivity contribution in [2.24, 2.45) is 11.1 Å². The van der Waals surface area contributed by atoms with Gasteiger partial charge in [0.05, 0.1) is 0 Å². The van der Waals surface area contributed by atoms with Crippen molar-refractivity contribution in [3.05, 3.63) is 28.8 Å². The fourth-order valence-corrected chi connectivity index (χ4v) is 2.48. The molecule has 0 saturated carbocycles. The topological polar surface area (TPSA) is 53.1 Å². The van der Waals surface area contributed by atoms with Crippen LogP contribution in [0, 0.1) is 10.8 Å². The molecule has 3 N–H and O–H groups in total. The Morgan fingerprint density at radius 2 is 2.18 bits per heavy atom. The lowest BCUT2D eigenvalue weighted by molar-refractivity contribution is 0.418. The summed E-state index contributed by atoms with van der Waals surface area (Å²) in [6.07, 6.45) is 1.15. The number of amidine groups is 1. The van der Waals surface area contributed by atoms with Crippen molar-refractivity contribution in [1.82, 2.24) is 0 Å². The molecule has 1 aromatic carbocycles. The van der Waals surface area contributed by atoms with Crippen LogP contribution < -0.4 is 10.6 Å². The van der Waals surface area contributed by atoms with Crippen molar-refractivity contribution in [2.45, 2.75) is 20.3 Å². The van der Waals surface area contributed by atoms with Gasteiger partial charge in [0, 0.05) is 29.4 Å². The van der Waals surface area contributed by atoms with E-state index in [9.17, 15) is 0 Å². The van der Waals surface area contributed by atoms with E-state index < -0.39 is 0 Å². The summed E-state index contributed by atoms with van der Waals surface area (Å²) >= 11 is 6.03. The highest BCUT2D eigenvalue weighted by Gasteiger charge is 2.30. The summed E-state index contributed by atoms with van der Waals surface area (Å²) in [5.74, 6) is 0.0985. The highest BCUT2D eigenvalue weighted by molar-refractivity contribution is 6.31. The van der Waals surface area contributed by atoms with Gasteiger partial charge in [-0.2, -0.15) is 0 Å². The smallest absolute Gasteiger partial charge is 0.124 e. The first-order valence-electron chi connectivity index (χ1n) is 5.78. The molecule has 2 rings (SSSR count). The molecule has 0 unspecified atom stereocenters. The van der Waals surface area contributed by atoms with Gasteiger partial charge in [0.1, 0.15) is 5.84 Å². The third-order valence-corrected chi connectivity index (χ3v) is 3.50. The molecule has 1 aromatic rings. The van der Waals surface area contributed by atoms with Crippen LogP contribution in [0.2, 0.25) is 5.02 Å². The van der Waals surface area contributed by atoms with Crippen molar-refractivity contribution in [2.75, 3.05) is 18.0 Å². The van der Waals surface area contributed by atoms with Gasteiger partial charge in [-0.1, -0.05) is 25.4 Å². The molecule has 17 heavy (non-hydrogen) atoms. The number of halogens is 1. The molecule has 0 spiro atoms. The molecule has 1 heterocycles. The van der Waals surface area contributed by atoms with Crippen LogP contribution in [0.4, 0.5) is 5.69 Å². The van der Waals surface area contributed by atoms with E-state index in [2.05, 4.69) is 18.7 Å². The summed E-state index contributed by atoms with van der Waals surface area (Å²) in [7, 11) is 0. The first-order valence-corrected chi connectivity index (χ1v) is 6.16. The first-order chi connectivity index (χ1) is 7.89. The Morgan fingerprint density at radius 1 is 1.47 bits per heavy atom. The van der Waals surface area contributed by atoms with Crippen LogP contribution in [-0.4, -0.2) is 18.9 Å². The van der Waals surface area contributed by atoms with E-state index in [0.717, 1.165) is 30.8 Å². The number of anilines is 1. The largest absolute Gasteiger partial charge is 0.384 e. The van der Waals surface area contributed by atoms with Crippen molar-refractivity contribution >= 4 is 23.1 Å². The van der Waals surface area contributed by atoms with Crippen molar-refractivity contribution in [1.29, 1.82) is 5.41 Å². The fraction of sp³-hybridized carbons (Fsp3) is 0.462. The van der Waals surface area contributed by atoms with Crippen molar-refractivity contribution in [3.8, 4) is 0 Å². The van der Waals surface area contributed by atoms with Gasteiger partial charge in [0.15, 0.2) is 0 Å². The van der Waals surface area contributed by atoms with Gasteiger partial charge in [-0.05, 0) is 30.0 Å². The maximum absolute atomic E-state index is 7.62. The van der Waals surface area contributed by atoms with Gasteiger partial charge in [-0.15, -0.1) is 0 Å². The molecule has 3 nitrogen and oxygen atoms in total. The minimum absolute atomic E-state index is 0.0985. The number of nitrogens with one attached hydrogen (secondary N) is 1. The minimum Gasteiger partial charge on any atom is -0.384 e. The average molecular weight is 252 g/mol. The molecule has 1 fully saturated rings. The second kappa shape index (κ2) is 4.22. The van der Waals surface area contributed by atoms with Crippen LogP contribution in [-0.2, 0) is 0 Å². The quantitative estimate of drug-likeness (QED) is 0.627. The Balaban J connectivity index is 2.38. The predicted molar refractivity (Wildman–Crippen MR) is 73.1 cm³/mol. The number of hydrogen-bond acceptors (Lipinski definition) is 2. The van der Waals surface area contributed by atoms with Crippen LogP contribution in [0.25, 0.3) is 0 Å². The number of nitrogens with zero attached hydrogens (tertiary/aromatic N) is 1. The van der Waals surface area contributed by atoms with Crippen LogP contribution in [0.5, 0.6) is 0 Å². The maximum Gasteiger partial charge on any atom is 0.124 e. The van der Waals surface area contributed by atoms with E-state index in [1.54, 1.807) is 6.07 Å². The molecule has 1 saturated heterocycles. The Kier molecular flexibility index (Phi) is 3.04. The molecule has 4 heteroatoms. The molecule has 0 radical (unpaired) electrons. The molecule has 1 aliphatic heterocycles. The number of nitrogen functional groups attached to an aromatic ring is 1. The standard InChI is InChI=1S/C13H18ClN3/c1-13(2)5-6-17(8-13)11-7-9(14)3-4-10(11)12(15)16/h3-4,7H,5-6,8H2,1-2H3,(H3,15,16). The van der Waals surface area contributed by atoms with Crippen molar-refractivity contribution in [3.63, 3.8) is 0 Å². The zero-order chi connectivity index (χ0) is 12.6. The molecule has 92 valence electrons. The van der Waals surface area contributed by atoms with E-state index in [-0.39, 0.29) is 5.84 Å². The number of benzene rings is 1. The monoisotopic (exact) mass is 251 g/mol. The number of rotatable bonds is 2. The highest BCUT2D eigenvalue weighted by atomic mass is 35.5. The second-order valence-corrected chi connectivity index (χ2v) is 5.85. The van der Waals surface area contributed by atoms with Gasteiger partial charge in [0.25, 0.3) is 0 Å². The van der Waals surface area contributed by atoms with Crippen LogP contribution in [0.15, 0.2) is 18.2 Å². The van der Waals surface area contributed by atoms with E-state index in [1.807, 2.05) is 12.1 Å². The van der Waals surface area contributed by atoms with E-state index in [4.69, 9.17) is 22.7 Å². The number of hydrogen-bond donors (Lipinski definition) is 2. The average Bonchev–Trinajstić information content (AvgIpc) is 2.58. The van der Waals surface area contributed by atoms with Gasteiger partial charge in [-0.25, -0.2) is 0 Å². The SMILES string of the molecule is CC1(C)CCN(c2cc(Cl)ccc2C(=N)N)C1. The van der Waals surface area contributed by atoms with Gasteiger partial charge in [0.2, 0.25) is 0 Å². The summed E-state index contributed by atoms with van der Waals surface area (Å²) in [5.41, 5.74) is 7.68. The molecular formula is C13H18ClN3. The lowest BCUT2D eigenvalue weighted by Gasteiger charge is -2.24. The third kappa shape index (κ3) is 2.55. The minimum atomic E-state index is 0.0985. The zero-order valence-electron chi connectivity index (χ0n) is 10.3. The van der Waals surface area contributed by atoms with Crippen LogP contribution >= 0.6 is 11.6 Å². The summed E-state index contributed by atoms with van der Waals surface area (Å²) < 4.78 is 0. The normalized spacial score (nSPS) is 18.4. The van der Waals surface area contributed by atoms with Gasteiger partial charge >= 0.3 is 0 Å². The van der Waals surface area contributed by atoms with E-state index in [0.29, 0.717) is 10.4 Å². The first kappa shape index (κ1) is 12.2. The summed E-state index contributed by atoms with van der Waals surface area (Å²) in [4.78, 5) is 2.27. The Bertz CT molecular complexity index is 454. The second-order valence-electron chi connectivity index (χ2n) is 5.41. The van der Waals surface area contributed by atoms with Gasteiger partial charge < -0.3 is 10.6 Å². The van der Waals surface area contributed by atoms with Gasteiger partial charge in [-0.3, -0.25) is 5.41 Å². The molecule has 0 atom stereocenters. The summed E-state index contributed by atoms with van der Waals surface area (Å²) in [5, 5.41) is 8.31. The molecule has 0 aromatic heterocycles. The van der Waals surface area contributed by atoms with Crippen molar-refractivity contribution < 1.29 is 0 Å². The Hall–Kier alpha value is -1.22. The summed E-state index contributed by atoms with van der Waals surface area (Å²) in [6.45, 7) is 6.48. The van der Waals surface area contributed by atoms with E-state index >= 15 is 0 Å². The molecule has 0 amide bonds.